The minimum atomic E-state index is 0.0260. The summed E-state index contributed by atoms with van der Waals surface area (Å²) in [5.74, 6) is 0.0260. The Balaban J connectivity index is 2.05. The Morgan fingerprint density at radius 2 is 2.33 bits per heavy atom. The molecule has 21 heavy (non-hydrogen) atoms. The third-order valence-corrected chi connectivity index (χ3v) is 5.38. The van der Waals surface area contributed by atoms with Crippen LogP contribution in [0.25, 0.3) is 10.9 Å². The van der Waals surface area contributed by atoms with Crippen LogP contribution >= 0.6 is 27.5 Å². The van der Waals surface area contributed by atoms with E-state index in [0.717, 1.165) is 21.8 Å². The molecule has 1 aromatic heterocycles. The molecule has 0 saturated heterocycles. The zero-order valence-electron chi connectivity index (χ0n) is 11.9. The normalized spacial score (nSPS) is 18.1. The Bertz CT molecular complexity index is 713. The molecule has 3 rings (SSSR count). The summed E-state index contributed by atoms with van der Waals surface area (Å²) >= 11 is 9.68. The molecular formula is C15H16BrClN2O2. The molecule has 0 aliphatic carbocycles. The number of hydrogen-bond acceptors (Lipinski definition) is 2. The van der Waals surface area contributed by atoms with Gasteiger partial charge in [0.25, 0.3) is 0 Å². The first-order valence-corrected chi connectivity index (χ1v) is 7.95. The van der Waals surface area contributed by atoms with Gasteiger partial charge in [0.15, 0.2) is 0 Å². The quantitative estimate of drug-likeness (QED) is 0.878. The topological polar surface area (TPSA) is 45.3 Å². The summed E-state index contributed by atoms with van der Waals surface area (Å²) in [6.07, 6.45) is 0.809. The number of methoxy groups -OCH3 is 1. The summed E-state index contributed by atoms with van der Waals surface area (Å²) in [5, 5.41) is 1.80. The molecule has 1 aliphatic rings. The lowest BCUT2D eigenvalue weighted by Crippen LogP contribution is -2.44. The Labute approximate surface area is 136 Å². The van der Waals surface area contributed by atoms with E-state index in [9.17, 15) is 4.79 Å². The second-order valence-corrected chi connectivity index (χ2v) is 6.57. The van der Waals surface area contributed by atoms with Gasteiger partial charge in [-0.05, 0) is 28.9 Å². The van der Waals surface area contributed by atoms with Gasteiger partial charge in [-0.15, -0.1) is 0 Å². The van der Waals surface area contributed by atoms with Crippen LogP contribution in [0, 0.1) is 0 Å². The van der Waals surface area contributed by atoms with E-state index < -0.39 is 0 Å². The molecule has 0 saturated carbocycles. The number of halogens is 2. The molecule has 1 aromatic carbocycles. The fourth-order valence-corrected chi connectivity index (χ4v) is 3.54. The van der Waals surface area contributed by atoms with Gasteiger partial charge in [0.1, 0.15) is 6.61 Å². The number of hydrogen-bond donors (Lipinski definition) is 1. The van der Waals surface area contributed by atoms with Crippen molar-refractivity contribution in [3.05, 3.63) is 32.9 Å². The van der Waals surface area contributed by atoms with Crippen molar-refractivity contribution in [1.29, 1.82) is 0 Å². The molecule has 112 valence electrons. The number of carbonyl (C=O) groups excluding carboxylic acids is 1. The highest BCUT2D eigenvalue weighted by molar-refractivity contribution is 9.10. The van der Waals surface area contributed by atoms with Gasteiger partial charge in [0.05, 0.1) is 15.0 Å². The summed E-state index contributed by atoms with van der Waals surface area (Å²) in [4.78, 5) is 17.5. The molecule has 6 heteroatoms. The van der Waals surface area contributed by atoms with E-state index in [4.69, 9.17) is 16.3 Å². The van der Waals surface area contributed by atoms with Crippen LogP contribution in [0.4, 0.5) is 0 Å². The van der Waals surface area contributed by atoms with Crippen LogP contribution in [0.15, 0.2) is 16.6 Å². The third-order valence-electron chi connectivity index (χ3n) is 4.01. The van der Waals surface area contributed by atoms with Crippen molar-refractivity contribution in [3.63, 3.8) is 0 Å². The fraction of sp³-hybridized carbons (Fsp3) is 0.400. The first-order chi connectivity index (χ1) is 10.0. The second-order valence-electron chi connectivity index (χ2n) is 5.37. The van der Waals surface area contributed by atoms with E-state index in [2.05, 4.69) is 27.8 Å². The third kappa shape index (κ3) is 2.47. The molecule has 2 heterocycles. The number of aromatic amines is 1. The summed E-state index contributed by atoms with van der Waals surface area (Å²) in [7, 11) is 1.54. The highest BCUT2D eigenvalue weighted by Crippen LogP contribution is 2.36. The molecule has 0 unspecified atom stereocenters. The molecule has 0 radical (unpaired) electrons. The molecule has 0 bridgehead atoms. The number of benzene rings is 1. The lowest BCUT2D eigenvalue weighted by Gasteiger charge is -2.33. The molecule has 1 aliphatic heterocycles. The van der Waals surface area contributed by atoms with Gasteiger partial charge in [0, 0.05) is 42.8 Å². The van der Waals surface area contributed by atoms with Crippen LogP contribution < -0.4 is 0 Å². The maximum Gasteiger partial charge on any atom is 0.249 e. The van der Waals surface area contributed by atoms with Crippen molar-refractivity contribution < 1.29 is 9.53 Å². The minimum Gasteiger partial charge on any atom is -0.375 e. The van der Waals surface area contributed by atoms with Crippen LogP contribution in [0.2, 0.25) is 5.02 Å². The van der Waals surface area contributed by atoms with Crippen LogP contribution in [0.3, 0.4) is 0 Å². The molecule has 1 amide bonds. The molecule has 1 atom stereocenters. The number of ether oxygens (including phenoxy) is 1. The van der Waals surface area contributed by atoms with E-state index in [1.165, 1.54) is 11.3 Å². The van der Waals surface area contributed by atoms with E-state index in [1.54, 1.807) is 7.11 Å². The number of rotatable bonds is 2. The summed E-state index contributed by atoms with van der Waals surface area (Å²) in [5.41, 5.74) is 3.35. The predicted octanol–water partition coefficient (Wildman–Crippen LogP) is 3.50. The lowest BCUT2D eigenvalue weighted by molar-refractivity contribution is -0.138. The molecule has 0 spiro atoms. The van der Waals surface area contributed by atoms with Crippen molar-refractivity contribution in [2.45, 2.75) is 25.9 Å². The fourth-order valence-electron chi connectivity index (χ4n) is 2.94. The van der Waals surface area contributed by atoms with Gasteiger partial charge in [-0.1, -0.05) is 17.7 Å². The first-order valence-electron chi connectivity index (χ1n) is 6.78. The van der Waals surface area contributed by atoms with Crippen LogP contribution in [0.5, 0.6) is 0 Å². The maximum absolute atomic E-state index is 12.2. The summed E-state index contributed by atoms with van der Waals surface area (Å²) < 4.78 is 5.85. The Hall–Kier alpha value is -1.04. The van der Waals surface area contributed by atoms with E-state index >= 15 is 0 Å². The monoisotopic (exact) mass is 370 g/mol. The van der Waals surface area contributed by atoms with Crippen molar-refractivity contribution >= 4 is 44.3 Å². The van der Waals surface area contributed by atoms with E-state index in [1.807, 2.05) is 17.0 Å². The van der Waals surface area contributed by atoms with Gasteiger partial charge < -0.3 is 14.6 Å². The molecular weight excluding hydrogens is 356 g/mol. The van der Waals surface area contributed by atoms with Gasteiger partial charge in [-0.2, -0.15) is 0 Å². The lowest BCUT2D eigenvalue weighted by atomic mass is 9.99. The number of nitrogens with zero attached hydrogens (tertiary/aromatic N) is 1. The van der Waals surface area contributed by atoms with Crippen molar-refractivity contribution in [3.8, 4) is 0 Å². The van der Waals surface area contributed by atoms with E-state index in [-0.39, 0.29) is 18.6 Å². The highest BCUT2D eigenvalue weighted by atomic mass is 79.9. The number of fused-ring (bicyclic) bond motifs is 3. The molecule has 1 N–H and O–H groups in total. The minimum absolute atomic E-state index is 0.0260. The highest BCUT2D eigenvalue weighted by Gasteiger charge is 2.29. The van der Waals surface area contributed by atoms with E-state index in [0.29, 0.717) is 11.6 Å². The maximum atomic E-state index is 12.2. The predicted molar refractivity (Wildman–Crippen MR) is 86.6 cm³/mol. The molecule has 4 nitrogen and oxygen atoms in total. The number of amides is 1. The first kappa shape index (κ1) is 14.9. The van der Waals surface area contributed by atoms with Crippen LogP contribution in [-0.2, 0) is 22.5 Å². The molecule has 0 fully saturated rings. The Kier molecular flexibility index (Phi) is 3.99. The van der Waals surface area contributed by atoms with Gasteiger partial charge in [-0.25, -0.2) is 0 Å². The van der Waals surface area contributed by atoms with Crippen molar-refractivity contribution in [1.82, 2.24) is 9.88 Å². The molecule has 2 aromatic rings. The SMILES string of the molecule is COCC(=O)N1Cc2c([nH]c3c(Br)c(Cl)ccc23)C[C@H]1C. The second kappa shape index (κ2) is 5.63. The largest absolute Gasteiger partial charge is 0.375 e. The van der Waals surface area contributed by atoms with Gasteiger partial charge >= 0.3 is 0 Å². The number of H-pyrrole nitrogens is 1. The standard InChI is InChI=1S/C15H16BrClN2O2/c1-8-5-12-10(6-19(8)13(20)7-21-2)9-3-4-11(17)14(16)15(9)18-12/h3-4,8,18H,5-7H2,1-2H3/t8-/m1/s1. The number of aromatic nitrogens is 1. The van der Waals surface area contributed by atoms with Crippen molar-refractivity contribution in [2.75, 3.05) is 13.7 Å². The number of carbonyl (C=O) groups is 1. The number of nitrogens with one attached hydrogen (secondary N) is 1. The van der Waals surface area contributed by atoms with Gasteiger partial charge in [-0.3, -0.25) is 4.79 Å². The Morgan fingerprint density at radius 3 is 3.05 bits per heavy atom. The average molecular weight is 372 g/mol. The van der Waals surface area contributed by atoms with Gasteiger partial charge in [0.2, 0.25) is 5.91 Å². The van der Waals surface area contributed by atoms with Crippen LogP contribution in [0.1, 0.15) is 18.2 Å². The summed E-state index contributed by atoms with van der Waals surface area (Å²) in [6, 6.07) is 4.04. The summed E-state index contributed by atoms with van der Waals surface area (Å²) in [6.45, 7) is 2.79. The zero-order valence-corrected chi connectivity index (χ0v) is 14.2. The Morgan fingerprint density at radius 1 is 1.57 bits per heavy atom. The average Bonchev–Trinajstić information content (AvgIpc) is 2.80. The van der Waals surface area contributed by atoms with Crippen molar-refractivity contribution in [2.24, 2.45) is 0 Å². The zero-order chi connectivity index (χ0) is 15.1. The van der Waals surface area contributed by atoms with Crippen LogP contribution in [-0.4, -0.2) is 35.5 Å². The smallest absolute Gasteiger partial charge is 0.249 e.